The second kappa shape index (κ2) is 5.60. The fraction of sp³-hybridized carbons (Fsp3) is 0.429. The van der Waals surface area contributed by atoms with Crippen LogP contribution in [0.3, 0.4) is 0 Å². The Kier molecular flexibility index (Phi) is 4.18. The number of nitrogens with one attached hydrogen (secondary N) is 1. The number of hydrogen-bond acceptors (Lipinski definition) is 2. The number of aromatic nitrogens is 2. The maximum Gasteiger partial charge on any atom is 0.227 e. The summed E-state index contributed by atoms with van der Waals surface area (Å²) < 4.78 is 29.0. The van der Waals surface area contributed by atoms with Crippen molar-refractivity contribution in [3.8, 4) is 0 Å². The Morgan fingerprint density at radius 1 is 1.43 bits per heavy atom. The van der Waals surface area contributed by atoms with E-state index in [0.717, 1.165) is 6.07 Å². The van der Waals surface area contributed by atoms with Crippen LogP contribution in [0.5, 0.6) is 0 Å². The molecule has 4 nitrogen and oxygen atoms in total. The lowest BCUT2D eigenvalue weighted by Crippen LogP contribution is -2.38. The number of nitrogens with zero attached hydrogens (tertiary/aromatic N) is 2. The van der Waals surface area contributed by atoms with E-state index in [-0.39, 0.29) is 23.8 Å². The zero-order valence-electron chi connectivity index (χ0n) is 12.0. The largest absolute Gasteiger partial charge is 0.359 e. The van der Waals surface area contributed by atoms with Gasteiger partial charge < -0.3 is 9.88 Å². The third-order valence-electron chi connectivity index (χ3n) is 3.39. The van der Waals surface area contributed by atoms with Crippen molar-refractivity contribution >= 4 is 28.5 Å². The highest BCUT2D eigenvalue weighted by Gasteiger charge is 2.30. The Bertz CT molecular complexity index is 697. The molecule has 7 heteroatoms. The lowest BCUT2D eigenvalue weighted by molar-refractivity contribution is -0.129. The van der Waals surface area contributed by atoms with E-state index in [9.17, 15) is 13.6 Å². The summed E-state index contributed by atoms with van der Waals surface area (Å²) in [6, 6.07) is 2.42. The molecule has 0 saturated carbocycles. The van der Waals surface area contributed by atoms with Crippen LogP contribution in [0.2, 0.25) is 0 Å². The third-order valence-corrected chi connectivity index (χ3v) is 3.63. The summed E-state index contributed by atoms with van der Waals surface area (Å²) in [6.07, 6.45) is 0. The van der Waals surface area contributed by atoms with E-state index in [1.165, 1.54) is 17.7 Å². The van der Waals surface area contributed by atoms with Crippen LogP contribution in [0.15, 0.2) is 12.1 Å². The van der Waals surface area contributed by atoms with E-state index < -0.39 is 17.0 Å². The molecule has 1 N–H and O–H groups in total. The standard InChI is InChI=1S/C14H16ClF2N3O/c1-14(2,13(21)18-3)7-20-10(6-15)19-9-5-4-8(16)11(17)12(9)20/h4-5H,6-7H2,1-3H3,(H,18,21). The third kappa shape index (κ3) is 2.72. The number of alkyl halides is 1. The van der Waals surface area contributed by atoms with Crippen molar-refractivity contribution in [1.82, 2.24) is 14.9 Å². The highest BCUT2D eigenvalue weighted by Crippen LogP contribution is 2.27. The van der Waals surface area contributed by atoms with Gasteiger partial charge in [-0.15, -0.1) is 11.6 Å². The number of benzene rings is 1. The Hall–Kier alpha value is -1.69. The Morgan fingerprint density at radius 3 is 2.67 bits per heavy atom. The quantitative estimate of drug-likeness (QED) is 0.882. The lowest BCUT2D eigenvalue weighted by atomic mass is 9.92. The molecule has 0 fully saturated rings. The molecule has 21 heavy (non-hydrogen) atoms. The average Bonchev–Trinajstić information content (AvgIpc) is 2.79. The molecule has 0 unspecified atom stereocenters. The first kappa shape index (κ1) is 15.7. The molecule has 0 aliphatic heterocycles. The first-order valence-electron chi connectivity index (χ1n) is 6.43. The summed E-state index contributed by atoms with van der Waals surface area (Å²) in [5.41, 5.74) is -0.470. The number of hydrogen-bond donors (Lipinski definition) is 1. The minimum absolute atomic E-state index is 0.0302. The van der Waals surface area contributed by atoms with Gasteiger partial charge in [0.1, 0.15) is 11.3 Å². The normalized spacial score (nSPS) is 11.9. The molecule has 0 saturated heterocycles. The van der Waals surface area contributed by atoms with E-state index in [2.05, 4.69) is 10.3 Å². The van der Waals surface area contributed by atoms with Crippen molar-refractivity contribution < 1.29 is 13.6 Å². The predicted octanol–water partition coefficient (Wildman–Crippen LogP) is 2.83. The molecular formula is C14H16ClF2N3O. The lowest BCUT2D eigenvalue weighted by Gasteiger charge is -2.24. The van der Waals surface area contributed by atoms with Gasteiger partial charge in [0.15, 0.2) is 11.6 Å². The molecule has 0 spiro atoms. The Morgan fingerprint density at radius 2 is 2.10 bits per heavy atom. The van der Waals surface area contributed by atoms with Crippen molar-refractivity contribution in [2.75, 3.05) is 7.05 Å². The van der Waals surface area contributed by atoms with Crippen LogP contribution >= 0.6 is 11.6 Å². The SMILES string of the molecule is CNC(=O)C(C)(C)Cn1c(CCl)nc2ccc(F)c(F)c21. The molecule has 2 rings (SSSR count). The van der Waals surface area contributed by atoms with Crippen LogP contribution in [0, 0.1) is 17.0 Å². The van der Waals surface area contributed by atoms with Gasteiger partial charge in [-0.25, -0.2) is 13.8 Å². The van der Waals surface area contributed by atoms with Crippen LogP contribution in [0.1, 0.15) is 19.7 Å². The molecule has 1 heterocycles. The number of amides is 1. The fourth-order valence-corrected chi connectivity index (χ4v) is 2.49. The van der Waals surface area contributed by atoms with Gasteiger partial charge in [-0.1, -0.05) is 0 Å². The van der Waals surface area contributed by atoms with E-state index in [1.807, 2.05) is 0 Å². The Labute approximate surface area is 126 Å². The number of imidazole rings is 1. The van der Waals surface area contributed by atoms with Crippen LogP contribution in [-0.4, -0.2) is 22.5 Å². The number of carbonyl (C=O) groups excluding carboxylic acids is 1. The monoisotopic (exact) mass is 315 g/mol. The topological polar surface area (TPSA) is 46.9 Å². The van der Waals surface area contributed by atoms with E-state index in [0.29, 0.717) is 11.3 Å². The van der Waals surface area contributed by atoms with Crippen molar-refractivity contribution in [1.29, 1.82) is 0 Å². The first-order chi connectivity index (χ1) is 9.81. The molecule has 2 aromatic rings. The molecule has 1 aromatic carbocycles. The second-order valence-corrected chi connectivity index (χ2v) is 5.71. The van der Waals surface area contributed by atoms with Gasteiger partial charge in [-0.05, 0) is 26.0 Å². The zero-order chi connectivity index (χ0) is 15.8. The number of rotatable bonds is 4. The highest BCUT2D eigenvalue weighted by atomic mass is 35.5. The van der Waals surface area contributed by atoms with Crippen molar-refractivity contribution in [3.05, 3.63) is 29.6 Å². The summed E-state index contributed by atoms with van der Waals surface area (Å²) in [4.78, 5) is 16.1. The summed E-state index contributed by atoms with van der Waals surface area (Å²) >= 11 is 5.84. The second-order valence-electron chi connectivity index (χ2n) is 5.44. The molecule has 114 valence electrons. The maximum atomic E-state index is 14.1. The maximum absolute atomic E-state index is 14.1. The van der Waals surface area contributed by atoms with Gasteiger partial charge in [0.05, 0.1) is 16.8 Å². The Balaban J connectivity index is 2.61. The smallest absolute Gasteiger partial charge is 0.227 e. The van der Waals surface area contributed by atoms with Crippen LogP contribution in [0.25, 0.3) is 11.0 Å². The molecule has 1 aromatic heterocycles. The number of halogens is 3. The van der Waals surface area contributed by atoms with Gasteiger partial charge >= 0.3 is 0 Å². The van der Waals surface area contributed by atoms with E-state index in [4.69, 9.17) is 11.6 Å². The van der Waals surface area contributed by atoms with Gasteiger partial charge in [-0.3, -0.25) is 4.79 Å². The van der Waals surface area contributed by atoms with Crippen LogP contribution in [0.4, 0.5) is 8.78 Å². The number of fused-ring (bicyclic) bond motifs is 1. The summed E-state index contributed by atoms with van der Waals surface area (Å²) in [7, 11) is 1.53. The molecular weight excluding hydrogens is 300 g/mol. The van der Waals surface area contributed by atoms with Crippen molar-refractivity contribution in [2.45, 2.75) is 26.3 Å². The van der Waals surface area contributed by atoms with E-state index >= 15 is 0 Å². The molecule has 0 aliphatic rings. The first-order valence-corrected chi connectivity index (χ1v) is 6.96. The molecule has 0 aliphatic carbocycles. The number of carbonyl (C=O) groups is 1. The van der Waals surface area contributed by atoms with E-state index in [1.54, 1.807) is 13.8 Å². The van der Waals surface area contributed by atoms with Crippen LogP contribution in [-0.2, 0) is 17.2 Å². The zero-order valence-corrected chi connectivity index (χ0v) is 12.8. The average molecular weight is 316 g/mol. The molecule has 0 atom stereocenters. The summed E-state index contributed by atoms with van der Waals surface area (Å²) in [5.74, 6) is -1.71. The van der Waals surface area contributed by atoms with Crippen molar-refractivity contribution in [2.24, 2.45) is 5.41 Å². The van der Waals surface area contributed by atoms with Gasteiger partial charge in [-0.2, -0.15) is 0 Å². The predicted molar refractivity (Wildman–Crippen MR) is 77.1 cm³/mol. The van der Waals surface area contributed by atoms with Gasteiger partial charge in [0, 0.05) is 13.6 Å². The van der Waals surface area contributed by atoms with Gasteiger partial charge in [0.25, 0.3) is 0 Å². The fourth-order valence-electron chi connectivity index (χ4n) is 2.28. The minimum atomic E-state index is -0.982. The van der Waals surface area contributed by atoms with Crippen LogP contribution < -0.4 is 5.32 Å². The summed E-state index contributed by atoms with van der Waals surface area (Å²) in [5, 5.41) is 2.56. The summed E-state index contributed by atoms with van der Waals surface area (Å²) in [6.45, 7) is 3.57. The molecule has 1 amide bonds. The van der Waals surface area contributed by atoms with Crippen molar-refractivity contribution in [3.63, 3.8) is 0 Å². The minimum Gasteiger partial charge on any atom is -0.359 e. The highest BCUT2D eigenvalue weighted by molar-refractivity contribution is 6.16. The molecule has 0 radical (unpaired) electrons. The molecule has 0 bridgehead atoms. The van der Waals surface area contributed by atoms with Gasteiger partial charge in [0.2, 0.25) is 5.91 Å².